The number of hydrogen-bond acceptors (Lipinski definition) is 5. The summed E-state index contributed by atoms with van der Waals surface area (Å²) in [5.41, 5.74) is 7.36. The molecule has 0 radical (unpaired) electrons. The summed E-state index contributed by atoms with van der Waals surface area (Å²) in [5, 5.41) is 0.936. The zero-order valence-electron chi connectivity index (χ0n) is 11.7. The molecule has 3 rings (SSSR count). The van der Waals surface area contributed by atoms with Gasteiger partial charge < -0.3 is 10.5 Å². The van der Waals surface area contributed by atoms with Gasteiger partial charge in [0.1, 0.15) is 10.8 Å². The fourth-order valence-electron chi connectivity index (χ4n) is 2.03. The number of fused-ring (bicyclic) bond motifs is 1. The third-order valence-electron chi connectivity index (χ3n) is 3.11. The van der Waals surface area contributed by atoms with Crippen LogP contribution in [0.2, 0.25) is 0 Å². The summed E-state index contributed by atoms with van der Waals surface area (Å²) in [6.07, 6.45) is 3.76. The zero-order chi connectivity index (χ0) is 14.5. The second-order valence-corrected chi connectivity index (χ2v) is 5.74. The molecule has 0 atom stereocenters. The van der Waals surface area contributed by atoms with Gasteiger partial charge in [-0.15, -0.1) is 11.3 Å². The summed E-state index contributed by atoms with van der Waals surface area (Å²) in [4.78, 5) is 8.96. The highest BCUT2D eigenvalue weighted by Gasteiger charge is 2.08. The molecule has 2 heterocycles. The van der Waals surface area contributed by atoms with E-state index in [1.807, 2.05) is 36.4 Å². The van der Waals surface area contributed by atoms with Crippen molar-refractivity contribution in [3.63, 3.8) is 0 Å². The van der Waals surface area contributed by atoms with Gasteiger partial charge in [-0.2, -0.15) is 0 Å². The molecule has 2 aromatic heterocycles. The first-order valence-corrected chi connectivity index (χ1v) is 7.83. The third kappa shape index (κ3) is 3.37. The van der Waals surface area contributed by atoms with Crippen molar-refractivity contribution in [2.75, 3.05) is 13.2 Å². The lowest BCUT2D eigenvalue weighted by Crippen LogP contribution is -2.03. The molecule has 21 heavy (non-hydrogen) atoms. The van der Waals surface area contributed by atoms with Crippen molar-refractivity contribution < 1.29 is 4.74 Å². The number of ether oxygens (including phenoxy) is 1. The maximum absolute atomic E-state index is 5.74. The van der Waals surface area contributed by atoms with E-state index in [2.05, 4.69) is 9.97 Å². The van der Waals surface area contributed by atoms with Gasteiger partial charge >= 0.3 is 0 Å². The van der Waals surface area contributed by atoms with E-state index in [1.54, 1.807) is 17.5 Å². The van der Waals surface area contributed by atoms with E-state index in [-0.39, 0.29) is 0 Å². The molecular formula is C16H17N3OS. The van der Waals surface area contributed by atoms with Crippen molar-refractivity contribution in [1.82, 2.24) is 9.97 Å². The molecule has 3 aromatic rings. The summed E-state index contributed by atoms with van der Waals surface area (Å²) in [5.74, 6) is 0.885. The molecular weight excluding hydrogens is 282 g/mol. The Morgan fingerprint density at radius 2 is 2.10 bits per heavy atom. The first-order chi connectivity index (χ1) is 10.4. The molecule has 1 aromatic carbocycles. The molecule has 5 heteroatoms. The number of benzene rings is 1. The number of nitrogens with zero attached hydrogens (tertiary/aromatic N) is 2. The molecule has 0 amide bonds. The van der Waals surface area contributed by atoms with Gasteiger partial charge in [0, 0.05) is 6.20 Å². The second-order valence-electron chi connectivity index (χ2n) is 4.71. The van der Waals surface area contributed by atoms with E-state index < -0.39 is 0 Å². The Labute approximate surface area is 127 Å². The molecule has 0 spiro atoms. The highest BCUT2D eigenvalue weighted by atomic mass is 32.1. The molecule has 0 aliphatic rings. The van der Waals surface area contributed by atoms with E-state index >= 15 is 0 Å². The predicted octanol–water partition coefficient (Wildman–Crippen LogP) is 3.48. The molecule has 2 N–H and O–H groups in total. The maximum Gasteiger partial charge on any atom is 0.143 e. The zero-order valence-corrected chi connectivity index (χ0v) is 12.5. The predicted molar refractivity (Wildman–Crippen MR) is 86.6 cm³/mol. The summed E-state index contributed by atoms with van der Waals surface area (Å²) in [7, 11) is 0. The monoisotopic (exact) mass is 299 g/mol. The van der Waals surface area contributed by atoms with Crippen LogP contribution in [-0.4, -0.2) is 23.1 Å². The number of hydrogen-bond donors (Lipinski definition) is 1. The van der Waals surface area contributed by atoms with Gasteiger partial charge in [0.25, 0.3) is 0 Å². The lowest BCUT2D eigenvalue weighted by atomic mass is 10.3. The van der Waals surface area contributed by atoms with Crippen LogP contribution < -0.4 is 10.5 Å². The van der Waals surface area contributed by atoms with E-state index in [0.29, 0.717) is 13.2 Å². The smallest absolute Gasteiger partial charge is 0.143 e. The molecule has 0 aliphatic carbocycles. The van der Waals surface area contributed by atoms with Crippen LogP contribution in [0.15, 0.2) is 42.6 Å². The van der Waals surface area contributed by atoms with Gasteiger partial charge in [0.15, 0.2) is 0 Å². The van der Waals surface area contributed by atoms with Gasteiger partial charge in [0.05, 0.1) is 22.5 Å². The standard InChI is InChI=1S/C16H17N3OS/c17-8-2-4-10-20-12-6-7-13-15(11-12)21-16(19-13)14-5-1-3-9-18-14/h1,3,5-7,9,11H,2,4,8,10,17H2. The molecule has 4 nitrogen and oxygen atoms in total. The number of rotatable bonds is 6. The van der Waals surface area contributed by atoms with Crippen molar-refractivity contribution in [3.8, 4) is 16.5 Å². The second kappa shape index (κ2) is 6.65. The van der Waals surface area contributed by atoms with Gasteiger partial charge in [0.2, 0.25) is 0 Å². The molecule has 0 aliphatic heterocycles. The number of unbranched alkanes of at least 4 members (excludes halogenated alkanes) is 1. The van der Waals surface area contributed by atoms with Gasteiger partial charge in [-0.25, -0.2) is 4.98 Å². The highest BCUT2D eigenvalue weighted by molar-refractivity contribution is 7.21. The first-order valence-electron chi connectivity index (χ1n) is 7.02. The van der Waals surface area contributed by atoms with Crippen molar-refractivity contribution in [2.24, 2.45) is 5.73 Å². The van der Waals surface area contributed by atoms with Crippen molar-refractivity contribution in [2.45, 2.75) is 12.8 Å². The van der Waals surface area contributed by atoms with Gasteiger partial charge in [-0.3, -0.25) is 4.98 Å². The average molecular weight is 299 g/mol. The molecule has 0 saturated carbocycles. The van der Waals surface area contributed by atoms with Crippen LogP contribution in [0.3, 0.4) is 0 Å². The Morgan fingerprint density at radius 1 is 1.14 bits per heavy atom. The fraction of sp³-hybridized carbons (Fsp3) is 0.250. The Kier molecular flexibility index (Phi) is 4.43. The number of pyridine rings is 1. The molecule has 0 unspecified atom stereocenters. The van der Waals surface area contributed by atoms with Crippen LogP contribution in [0, 0.1) is 0 Å². The molecule has 0 bridgehead atoms. The van der Waals surface area contributed by atoms with E-state index in [4.69, 9.17) is 10.5 Å². The van der Waals surface area contributed by atoms with Crippen LogP contribution >= 0.6 is 11.3 Å². The van der Waals surface area contributed by atoms with E-state index in [9.17, 15) is 0 Å². The summed E-state index contributed by atoms with van der Waals surface area (Å²) in [6, 6.07) is 11.9. The maximum atomic E-state index is 5.74. The largest absolute Gasteiger partial charge is 0.494 e. The minimum absolute atomic E-state index is 0.703. The van der Waals surface area contributed by atoms with Gasteiger partial charge in [-0.05, 0) is 49.7 Å². The van der Waals surface area contributed by atoms with Crippen LogP contribution in [-0.2, 0) is 0 Å². The Bertz CT molecular complexity index is 712. The van der Waals surface area contributed by atoms with Crippen molar-refractivity contribution in [1.29, 1.82) is 0 Å². The van der Waals surface area contributed by atoms with Crippen LogP contribution in [0.4, 0.5) is 0 Å². The molecule has 0 saturated heterocycles. The van der Waals surface area contributed by atoms with Gasteiger partial charge in [-0.1, -0.05) is 6.07 Å². The normalized spacial score (nSPS) is 10.9. The Balaban J connectivity index is 1.79. The van der Waals surface area contributed by atoms with Crippen LogP contribution in [0.25, 0.3) is 20.9 Å². The Hall–Kier alpha value is -1.98. The number of thiazole rings is 1. The lowest BCUT2D eigenvalue weighted by molar-refractivity contribution is 0.308. The third-order valence-corrected chi connectivity index (χ3v) is 4.15. The molecule has 0 fully saturated rings. The highest BCUT2D eigenvalue weighted by Crippen LogP contribution is 2.31. The van der Waals surface area contributed by atoms with Crippen LogP contribution in [0.1, 0.15) is 12.8 Å². The number of nitrogens with two attached hydrogens (primary N) is 1. The summed E-state index contributed by atoms with van der Waals surface area (Å²) >= 11 is 1.63. The van der Waals surface area contributed by atoms with E-state index in [1.165, 1.54) is 0 Å². The fourth-order valence-corrected chi connectivity index (χ4v) is 3.00. The van der Waals surface area contributed by atoms with E-state index in [0.717, 1.165) is 39.5 Å². The average Bonchev–Trinajstić information content (AvgIpc) is 2.96. The summed E-state index contributed by atoms with van der Waals surface area (Å²) in [6.45, 7) is 1.42. The first kappa shape index (κ1) is 14.0. The SMILES string of the molecule is NCCCCOc1ccc2nc(-c3ccccn3)sc2c1. The topological polar surface area (TPSA) is 61.0 Å². The minimum atomic E-state index is 0.703. The molecule has 108 valence electrons. The summed E-state index contributed by atoms with van der Waals surface area (Å²) < 4.78 is 6.86. The van der Waals surface area contributed by atoms with Crippen LogP contribution in [0.5, 0.6) is 5.75 Å². The quantitative estimate of drug-likeness (QED) is 0.708. The number of aromatic nitrogens is 2. The van der Waals surface area contributed by atoms with Crippen molar-refractivity contribution >= 4 is 21.6 Å². The Morgan fingerprint density at radius 3 is 2.90 bits per heavy atom. The minimum Gasteiger partial charge on any atom is -0.494 e. The lowest BCUT2D eigenvalue weighted by Gasteiger charge is -2.04. The van der Waals surface area contributed by atoms with Crippen molar-refractivity contribution in [3.05, 3.63) is 42.6 Å².